The standard InChI is InChI=1S/C28H25ClN6O3/c29-24-8-7-22-25(32-24)33-28(38-22)35-13-11-34(12-14-35)27(36)18-5-6-21-23(15-18)37-26(31-21)20-16-30-10-9-19(20)17-3-1-2-4-17/h5-10,15-17H,1-4,11-14H2. The van der Waals surface area contributed by atoms with Gasteiger partial charge in [-0.25, -0.2) is 9.97 Å². The molecule has 38 heavy (non-hydrogen) atoms. The summed E-state index contributed by atoms with van der Waals surface area (Å²) in [5.74, 6) is 1.04. The van der Waals surface area contributed by atoms with E-state index in [0.717, 1.165) is 11.1 Å². The Morgan fingerprint density at radius 3 is 2.61 bits per heavy atom. The first kappa shape index (κ1) is 23.2. The maximum Gasteiger partial charge on any atom is 0.300 e. The number of pyridine rings is 2. The lowest BCUT2D eigenvalue weighted by Crippen LogP contribution is -2.48. The molecule has 0 unspecified atom stereocenters. The maximum absolute atomic E-state index is 13.3. The number of hydrogen-bond donors (Lipinski definition) is 0. The normalized spacial score (nSPS) is 16.7. The molecule has 7 rings (SSSR count). The SMILES string of the molecule is O=C(c1ccc2nc(-c3cnccc3C3CCCC3)oc2c1)N1CCN(c2nc3nc(Cl)ccc3o2)CC1. The van der Waals surface area contributed by atoms with Crippen molar-refractivity contribution in [3.63, 3.8) is 0 Å². The molecule has 10 heteroatoms. The van der Waals surface area contributed by atoms with Crippen molar-refractivity contribution in [3.8, 4) is 11.5 Å². The molecule has 5 heterocycles. The Labute approximate surface area is 223 Å². The summed E-state index contributed by atoms with van der Waals surface area (Å²) in [7, 11) is 0. The first-order valence-electron chi connectivity index (χ1n) is 12.9. The minimum absolute atomic E-state index is 0.0384. The Hall–Kier alpha value is -3.98. The molecule has 0 bridgehead atoms. The summed E-state index contributed by atoms with van der Waals surface area (Å²) < 4.78 is 12.0. The van der Waals surface area contributed by atoms with Crippen LogP contribution < -0.4 is 4.90 Å². The van der Waals surface area contributed by atoms with Gasteiger partial charge in [-0.05, 0) is 60.7 Å². The van der Waals surface area contributed by atoms with Crippen LogP contribution in [0.25, 0.3) is 33.8 Å². The van der Waals surface area contributed by atoms with Crippen LogP contribution in [0.5, 0.6) is 0 Å². The van der Waals surface area contributed by atoms with Gasteiger partial charge in [0.2, 0.25) is 11.5 Å². The number of rotatable bonds is 4. The van der Waals surface area contributed by atoms with Gasteiger partial charge in [-0.3, -0.25) is 9.78 Å². The number of piperazine rings is 1. The smallest absolute Gasteiger partial charge is 0.300 e. The van der Waals surface area contributed by atoms with E-state index < -0.39 is 0 Å². The molecule has 0 atom stereocenters. The zero-order valence-corrected chi connectivity index (χ0v) is 21.4. The number of nitrogens with zero attached hydrogens (tertiary/aromatic N) is 6. The fraction of sp³-hybridized carbons (Fsp3) is 0.321. The van der Waals surface area contributed by atoms with E-state index in [4.69, 9.17) is 25.4 Å². The fourth-order valence-corrected chi connectivity index (χ4v) is 5.70. The molecule has 2 aliphatic rings. The monoisotopic (exact) mass is 528 g/mol. The second-order valence-corrected chi connectivity index (χ2v) is 10.3. The van der Waals surface area contributed by atoms with Crippen LogP contribution >= 0.6 is 11.6 Å². The Bertz CT molecular complexity index is 1650. The van der Waals surface area contributed by atoms with Gasteiger partial charge in [0.25, 0.3) is 11.9 Å². The lowest BCUT2D eigenvalue weighted by Gasteiger charge is -2.33. The summed E-state index contributed by atoms with van der Waals surface area (Å²) in [6, 6.07) is 11.5. The number of benzene rings is 1. The quantitative estimate of drug-likeness (QED) is 0.274. The highest BCUT2D eigenvalue weighted by Crippen LogP contribution is 2.39. The van der Waals surface area contributed by atoms with Gasteiger partial charge >= 0.3 is 0 Å². The van der Waals surface area contributed by atoms with Crippen molar-refractivity contribution in [1.29, 1.82) is 0 Å². The Morgan fingerprint density at radius 1 is 0.921 bits per heavy atom. The zero-order valence-electron chi connectivity index (χ0n) is 20.6. The Morgan fingerprint density at radius 2 is 1.76 bits per heavy atom. The number of oxazole rings is 2. The van der Waals surface area contributed by atoms with Crippen molar-refractivity contribution in [2.75, 3.05) is 31.1 Å². The molecule has 5 aromatic rings. The molecule has 0 radical (unpaired) electrons. The minimum atomic E-state index is -0.0384. The van der Waals surface area contributed by atoms with Gasteiger partial charge in [0, 0.05) is 44.1 Å². The molecule has 1 aliphatic heterocycles. The summed E-state index contributed by atoms with van der Waals surface area (Å²) in [4.78, 5) is 34.9. The number of aromatic nitrogens is 4. The van der Waals surface area contributed by atoms with Gasteiger partial charge in [0.05, 0.1) is 5.56 Å². The van der Waals surface area contributed by atoms with Gasteiger partial charge in [0.1, 0.15) is 10.7 Å². The molecule has 4 aromatic heterocycles. The van der Waals surface area contributed by atoms with Crippen LogP contribution in [0.3, 0.4) is 0 Å². The first-order valence-corrected chi connectivity index (χ1v) is 13.3. The molecule has 1 saturated carbocycles. The van der Waals surface area contributed by atoms with Crippen molar-refractivity contribution in [2.24, 2.45) is 0 Å². The molecule has 2 fully saturated rings. The van der Waals surface area contributed by atoms with Crippen LogP contribution in [-0.4, -0.2) is 56.9 Å². The molecule has 192 valence electrons. The van der Waals surface area contributed by atoms with E-state index in [1.165, 1.54) is 31.2 Å². The van der Waals surface area contributed by atoms with Crippen molar-refractivity contribution < 1.29 is 13.6 Å². The van der Waals surface area contributed by atoms with Crippen LogP contribution in [0.4, 0.5) is 6.01 Å². The van der Waals surface area contributed by atoms with Crippen molar-refractivity contribution >= 4 is 45.9 Å². The molecule has 1 aliphatic carbocycles. The number of halogens is 1. The summed E-state index contributed by atoms with van der Waals surface area (Å²) in [6.07, 6.45) is 8.54. The molecular weight excluding hydrogens is 504 g/mol. The summed E-state index contributed by atoms with van der Waals surface area (Å²) >= 11 is 5.96. The van der Waals surface area contributed by atoms with Gasteiger partial charge in [-0.1, -0.05) is 24.4 Å². The lowest BCUT2D eigenvalue weighted by molar-refractivity contribution is 0.0745. The number of fused-ring (bicyclic) bond motifs is 2. The molecule has 0 N–H and O–H groups in total. The van der Waals surface area contributed by atoms with Crippen molar-refractivity contribution in [3.05, 3.63) is 65.1 Å². The van der Waals surface area contributed by atoms with Gasteiger partial charge < -0.3 is 18.6 Å². The van der Waals surface area contributed by atoms with E-state index >= 15 is 0 Å². The molecule has 0 spiro atoms. The number of carbonyl (C=O) groups excluding carboxylic acids is 1. The van der Waals surface area contributed by atoms with Crippen molar-refractivity contribution in [1.82, 2.24) is 24.8 Å². The Balaban J connectivity index is 1.08. The van der Waals surface area contributed by atoms with E-state index in [9.17, 15) is 4.79 Å². The van der Waals surface area contributed by atoms with Crippen LogP contribution in [-0.2, 0) is 0 Å². The number of anilines is 1. The van der Waals surface area contributed by atoms with Gasteiger partial charge in [-0.2, -0.15) is 4.98 Å². The zero-order chi connectivity index (χ0) is 25.6. The number of amides is 1. The Kier molecular flexibility index (Phi) is 5.73. The minimum Gasteiger partial charge on any atom is -0.436 e. The summed E-state index contributed by atoms with van der Waals surface area (Å²) in [5, 5.41) is 0.373. The number of carbonyl (C=O) groups is 1. The van der Waals surface area contributed by atoms with E-state index in [0.29, 0.717) is 71.5 Å². The van der Waals surface area contributed by atoms with Crippen molar-refractivity contribution in [2.45, 2.75) is 31.6 Å². The van der Waals surface area contributed by atoms with Crippen LogP contribution in [0.15, 0.2) is 57.6 Å². The van der Waals surface area contributed by atoms with Gasteiger partial charge in [0.15, 0.2) is 11.2 Å². The predicted molar refractivity (Wildman–Crippen MR) is 143 cm³/mol. The topological polar surface area (TPSA) is 101 Å². The molecule has 1 amide bonds. The summed E-state index contributed by atoms with van der Waals surface area (Å²) in [6.45, 7) is 2.30. The van der Waals surface area contributed by atoms with Crippen LogP contribution in [0, 0.1) is 0 Å². The van der Waals surface area contributed by atoms with Crippen LogP contribution in [0.1, 0.15) is 47.5 Å². The second kappa shape index (κ2) is 9.40. The first-order chi connectivity index (χ1) is 18.6. The maximum atomic E-state index is 13.3. The van der Waals surface area contributed by atoms with Gasteiger partial charge in [-0.15, -0.1) is 0 Å². The van der Waals surface area contributed by atoms with E-state index in [2.05, 4.69) is 21.0 Å². The largest absolute Gasteiger partial charge is 0.436 e. The molecule has 1 saturated heterocycles. The molecular formula is C28H25ClN6O3. The number of hydrogen-bond acceptors (Lipinski definition) is 8. The second-order valence-electron chi connectivity index (χ2n) is 9.88. The highest BCUT2D eigenvalue weighted by atomic mass is 35.5. The third-order valence-corrected chi connectivity index (χ3v) is 7.77. The molecule has 1 aromatic carbocycles. The van der Waals surface area contributed by atoms with Crippen LogP contribution in [0.2, 0.25) is 5.15 Å². The fourth-order valence-electron chi connectivity index (χ4n) is 5.55. The van der Waals surface area contributed by atoms with E-state index in [1.807, 2.05) is 34.3 Å². The lowest BCUT2D eigenvalue weighted by atomic mass is 9.94. The van der Waals surface area contributed by atoms with E-state index in [-0.39, 0.29) is 5.91 Å². The van der Waals surface area contributed by atoms with E-state index in [1.54, 1.807) is 18.2 Å². The molecule has 9 nitrogen and oxygen atoms in total. The average Bonchev–Trinajstić information content (AvgIpc) is 3.72. The third kappa shape index (κ3) is 4.16. The predicted octanol–water partition coefficient (Wildman–Crippen LogP) is 5.70. The summed E-state index contributed by atoms with van der Waals surface area (Å²) in [5.41, 5.74) is 5.16. The third-order valence-electron chi connectivity index (χ3n) is 7.56. The highest BCUT2D eigenvalue weighted by Gasteiger charge is 2.26. The average molecular weight is 529 g/mol. The highest BCUT2D eigenvalue weighted by molar-refractivity contribution is 6.29.